The SMILES string of the molecule is CC(C)(N)CNC(=O)C1(NC(=O)NCc2ccccc2)CCCC1. The van der Waals surface area contributed by atoms with Crippen LogP contribution in [0.25, 0.3) is 0 Å². The van der Waals surface area contributed by atoms with Gasteiger partial charge in [-0.1, -0.05) is 43.2 Å². The molecule has 0 atom stereocenters. The second kappa shape index (κ2) is 7.66. The lowest BCUT2D eigenvalue weighted by Crippen LogP contribution is -2.61. The van der Waals surface area contributed by atoms with Crippen LogP contribution in [0, 0.1) is 0 Å². The molecule has 0 aromatic heterocycles. The van der Waals surface area contributed by atoms with Gasteiger partial charge in [0.1, 0.15) is 5.54 Å². The monoisotopic (exact) mass is 332 g/mol. The molecule has 0 saturated heterocycles. The summed E-state index contributed by atoms with van der Waals surface area (Å²) in [4.78, 5) is 24.9. The van der Waals surface area contributed by atoms with Crippen LogP contribution < -0.4 is 21.7 Å². The highest BCUT2D eigenvalue weighted by Crippen LogP contribution is 2.30. The molecule has 132 valence electrons. The van der Waals surface area contributed by atoms with Crippen LogP contribution in [-0.4, -0.2) is 29.6 Å². The first-order chi connectivity index (χ1) is 11.3. The molecule has 1 fully saturated rings. The molecule has 0 aliphatic heterocycles. The molecule has 0 spiro atoms. The van der Waals surface area contributed by atoms with Crippen molar-refractivity contribution in [2.75, 3.05) is 6.54 Å². The third kappa shape index (κ3) is 5.23. The zero-order chi connectivity index (χ0) is 17.6. The maximum Gasteiger partial charge on any atom is 0.315 e. The molecule has 1 saturated carbocycles. The summed E-state index contributed by atoms with van der Waals surface area (Å²) in [5.74, 6) is -0.145. The fourth-order valence-electron chi connectivity index (χ4n) is 2.90. The Kier molecular flexibility index (Phi) is 5.83. The van der Waals surface area contributed by atoms with Gasteiger partial charge in [-0.15, -0.1) is 0 Å². The zero-order valence-corrected chi connectivity index (χ0v) is 14.5. The minimum Gasteiger partial charge on any atom is -0.352 e. The molecular weight excluding hydrogens is 304 g/mol. The molecule has 0 bridgehead atoms. The summed E-state index contributed by atoms with van der Waals surface area (Å²) in [6.07, 6.45) is 3.17. The topological polar surface area (TPSA) is 96.2 Å². The van der Waals surface area contributed by atoms with Gasteiger partial charge in [0.25, 0.3) is 0 Å². The van der Waals surface area contributed by atoms with Crippen molar-refractivity contribution < 1.29 is 9.59 Å². The number of rotatable bonds is 6. The Balaban J connectivity index is 1.92. The molecule has 5 N–H and O–H groups in total. The van der Waals surface area contributed by atoms with E-state index in [1.807, 2.05) is 44.2 Å². The van der Waals surface area contributed by atoms with E-state index in [1.54, 1.807) is 0 Å². The first kappa shape index (κ1) is 18.3. The van der Waals surface area contributed by atoms with Crippen molar-refractivity contribution in [1.82, 2.24) is 16.0 Å². The smallest absolute Gasteiger partial charge is 0.315 e. The van der Waals surface area contributed by atoms with Crippen molar-refractivity contribution in [1.29, 1.82) is 0 Å². The lowest BCUT2D eigenvalue weighted by Gasteiger charge is -2.30. The standard InChI is InChI=1S/C18H28N4O2/c1-17(2,19)13-21-15(23)18(10-6-7-11-18)22-16(24)20-12-14-8-4-3-5-9-14/h3-5,8-9H,6-7,10-13,19H2,1-2H3,(H,21,23)(H2,20,22,24). The molecule has 2 rings (SSSR count). The van der Waals surface area contributed by atoms with Crippen molar-refractivity contribution in [2.24, 2.45) is 5.73 Å². The molecule has 24 heavy (non-hydrogen) atoms. The molecule has 1 aromatic rings. The van der Waals surface area contributed by atoms with E-state index < -0.39 is 11.1 Å². The normalized spacial score (nSPS) is 16.5. The van der Waals surface area contributed by atoms with Crippen molar-refractivity contribution in [3.05, 3.63) is 35.9 Å². The van der Waals surface area contributed by atoms with Crippen LogP contribution in [0.5, 0.6) is 0 Å². The highest BCUT2D eigenvalue weighted by molar-refractivity contribution is 5.91. The second-order valence-corrected chi connectivity index (χ2v) is 7.25. The van der Waals surface area contributed by atoms with E-state index >= 15 is 0 Å². The van der Waals surface area contributed by atoms with Gasteiger partial charge in [0.2, 0.25) is 5.91 Å². The molecule has 0 radical (unpaired) electrons. The van der Waals surface area contributed by atoms with Crippen LogP contribution in [0.15, 0.2) is 30.3 Å². The molecule has 3 amide bonds. The molecule has 6 heteroatoms. The molecule has 1 aromatic carbocycles. The maximum atomic E-state index is 12.6. The average molecular weight is 332 g/mol. The van der Waals surface area contributed by atoms with Crippen molar-refractivity contribution >= 4 is 11.9 Å². The quantitative estimate of drug-likeness (QED) is 0.638. The molecule has 0 unspecified atom stereocenters. The van der Waals surface area contributed by atoms with Gasteiger partial charge in [0.05, 0.1) is 0 Å². The fourth-order valence-corrected chi connectivity index (χ4v) is 2.90. The van der Waals surface area contributed by atoms with E-state index in [4.69, 9.17) is 5.73 Å². The number of nitrogens with two attached hydrogens (primary N) is 1. The Bertz CT molecular complexity index is 560. The number of nitrogens with one attached hydrogen (secondary N) is 3. The number of amides is 3. The molecule has 0 heterocycles. The van der Waals surface area contributed by atoms with Gasteiger partial charge in [0, 0.05) is 18.6 Å². The first-order valence-corrected chi connectivity index (χ1v) is 8.48. The summed E-state index contributed by atoms with van der Waals surface area (Å²) in [6.45, 7) is 4.52. The van der Waals surface area contributed by atoms with Gasteiger partial charge in [-0.05, 0) is 32.3 Å². The highest BCUT2D eigenvalue weighted by atomic mass is 16.2. The summed E-state index contributed by atoms with van der Waals surface area (Å²) in [5.41, 5.74) is 5.63. The van der Waals surface area contributed by atoms with Crippen molar-refractivity contribution in [3.63, 3.8) is 0 Å². The van der Waals surface area contributed by atoms with E-state index in [1.165, 1.54) is 0 Å². The Morgan fingerprint density at radius 3 is 2.33 bits per heavy atom. The van der Waals surface area contributed by atoms with E-state index in [0.29, 0.717) is 25.9 Å². The number of hydrogen-bond donors (Lipinski definition) is 4. The van der Waals surface area contributed by atoms with Gasteiger partial charge < -0.3 is 21.7 Å². The van der Waals surface area contributed by atoms with Crippen LogP contribution in [0.2, 0.25) is 0 Å². The molecular formula is C18H28N4O2. The largest absolute Gasteiger partial charge is 0.352 e. The Hall–Kier alpha value is -2.08. The zero-order valence-electron chi connectivity index (χ0n) is 14.5. The number of carbonyl (C=O) groups is 2. The number of carbonyl (C=O) groups excluding carboxylic acids is 2. The predicted molar refractivity (Wildman–Crippen MR) is 94.3 cm³/mol. The van der Waals surface area contributed by atoms with E-state index in [2.05, 4.69) is 16.0 Å². The number of hydrogen-bond acceptors (Lipinski definition) is 3. The summed E-state index contributed by atoms with van der Waals surface area (Å²) in [7, 11) is 0. The van der Waals surface area contributed by atoms with E-state index in [-0.39, 0.29) is 11.9 Å². The lowest BCUT2D eigenvalue weighted by atomic mass is 9.95. The van der Waals surface area contributed by atoms with Crippen molar-refractivity contribution in [2.45, 2.75) is 57.2 Å². The van der Waals surface area contributed by atoms with E-state index in [9.17, 15) is 9.59 Å². The maximum absolute atomic E-state index is 12.6. The summed E-state index contributed by atoms with van der Waals surface area (Å²) < 4.78 is 0. The Morgan fingerprint density at radius 2 is 1.75 bits per heavy atom. The average Bonchev–Trinajstić information content (AvgIpc) is 3.00. The van der Waals surface area contributed by atoms with Gasteiger partial charge in [-0.3, -0.25) is 4.79 Å². The summed E-state index contributed by atoms with van der Waals surface area (Å²) >= 11 is 0. The molecule has 1 aliphatic rings. The third-order valence-electron chi connectivity index (χ3n) is 4.25. The van der Waals surface area contributed by atoms with Gasteiger partial charge in [0.15, 0.2) is 0 Å². The summed E-state index contributed by atoms with van der Waals surface area (Å²) in [6, 6.07) is 9.36. The minimum absolute atomic E-state index is 0.145. The fraction of sp³-hybridized carbons (Fsp3) is 0.556. The van der Waals surface area contributed by atoms with Gasteiger partial charge >= 0.3 is 6.03 Å². The molecule has 6 nitrogen and oxygen atoms in total. The highest BCUT2D eigenvalue weighted by Gasteiger charge is 2.42. The predicted octanol–water partition coefficient (Wildman–Crippen LogP) is 1.65. The number of benzene rings is 1. The van der Waals surface area contributed by atoms with Gasteiger partial charge in [-0.2, -0.15) is 0 Å². The van der Waals surface area contributed by atoms with Crippen LogP contribution >= 0.6 is 0 Å². The van der Waals surface area contributed by atoms with Crippen LogP contribution in [0.1, 0.15) is 45.1 Å². The Labute approximate surface area is 143 Å². The lowest BCUT2D eigenvalue weighted by molar-refractivity contribution is -0.127. The molecule has 1 aliphatic carbocycles. The van der Waals surface area contributed by atoms with Crippen LogP contribution in [-0.2, 0) is 11.3 Å². The minimum atomic E-state index is -0.827. The van der Waals surface area contributed by atoms with Crippen LogP contribution in [0.3, 0.4) is 0 Å². The third-order valence-corrected chi connectivity index (χ3v) is 4.25. The Morgan fingerprint density at radius 1 is 1.12 bits per heavy atom. The summed E-state index contributed by atoms with van der Waals surface area (Å²) in [5, 5.41) is 8.60. The van der Waals surface area contributed by atoms with E-state index in [0.717, 1.165) is 18.4 Å². The first-order valence-electron chi connectivity index (χ1n) is 8.48. The van der Waals surface area contributed by atoms with Crippen molar-refractivity contribution in [3.8, 4) is 0 Å². The van der Waals surface area contributed by atoms with Gasteiger partial charge in [-0.25, -0.2) is 4.79 Å². The number of urea groups is 1. The second-order valence-electron chi connectivity index (χ2n) is 7.25. The van der Waals surface area contributed by atoms with Crippen LogP contribution in [0.4, 0.5) is 4.79 Å².